The fourth-order valence-electron chi connectivity index (χ4n) is 7.98. The van der Waals surface area contributed by atoms with Crippen LogP contribution < -0.4 is 4.90 Å². The summed E-state index contributed by atoms with van der Waals surface area (Å²) in [6, 6.07) is 21.0. The van der Waals surface area contributed by atoms with Crippen molar-refractivity contribution in [3.05, 3.63) is 125 Å². The molecule has 0 aromatic heterocycles. The zero-order chi connectivity index (χ0) is 41.4. The highest BCUT2D eigenvalue weighted by Gasteiger charge is 2.45. The van der Waals surface area contributed by atoms with Crippen molar-refractivity contribution in [3.63, 3.8) is 0 Å². The summed E-state index contributed by atoms with van der Waals surface area (Å²) < 4.78 is 66.7. The van der Waals surface area contributed by atoms with E-state index in [1.807, 2.05) is 42.5 Å². The number of Topliss-reactive ketones (excluding diaryl/α,β-unsaturated/α-hetero) is 1. The Kier molecular flexibility index (Phi) is 14.4. The maximum Gasteiger partial charge on any atom is 0.294 e. The smallest absolute Gasteiger partial charge is 0.294 e. The quantitative estimate of drug-likeness (QED) is 0.0520. The number of unbranched alkanes of at least 4 members (excludes halogenated alkanes) is 2. The average molecular weight is 816 g/mol. The lowest BCUT2D eigenvalue weighted by atomic mass is 9.81. The highest BCUT2D eigenvalue weighted by molar-refractivity contribution is 7.91. The Morgan fingerprint density at radius 3 is 2.28 bits per heavy atom. The van der Waals surface area contributed by atoms with Gasteiger partial charge in [-0.3, -0.25) is 9.35 Å². The van der Waals surface area contributed by atoms with Crippen molar-refractivity contribution in [2.24, 2.45) is 0 Å². The van der Waals surface area contributed by atoms with Crippen molar-refractivity contribution in [2.45, 2.75) is 102 Å². The van der Waals surface area contributed by atoms with Crippen LogP contribution in [0, 0.1) is 6.92 Å². The molecule has 11 heteroatoms. The van der Waals surface area contributed by atoms with Crippen molar-refractivity contribution in [1.82, 2.24) is 0 Å². The molecule has 2 heterocycles. The average Bonchev–Trinajstić information content (AvgIpc) is 3.50. The number of ketones is 1. The first-order valence-corrected chi connectivity index (χ1v) is 23.3. The molecule has 0 fully saturated rings. The molecule has 5 rings (SSSR count). The second-order valence-corrected chi connectivity index (χ2v) is 19.9. The number of benzene rings is 3. The molecule has 0 spiro atoms. The fourth-order valence-corrected chi connectivity index (χ4v) is 9.65. The van der Waals surface area contributed by atoms with Gasteiger partial charge in [-0.25, -0.2) is 8.42 Å². The summed E-state index contributed by atoms with van der Waals surface area (Å²) in [6.45, 7) is 14.9. The molecule has 2 aliphatic heterocycles. The fraction of sp³-hybridized carbons (Fsp3) is 0.435. The third kappa shape index (κ3) is 10.9. The van der Waals surface area contributed by atoms with Crippen LogP contribution in [0.15, 0.2) is 108 Å². The molecule has 0 atom stereocenters. The largest absolute Gasteiger partial charge is 0.376 e. The molecule has 0 saturated heterocycles. The lowest BCUT2D eigenvalue weighted by Gasteiger charge is -2.25. The predicted octanol–water partition coefficient (Wildman–Crippen LogP) is 8.97. The Bertz CT molecular complexity index is 2270. The molecule has 0 bridgehead atoms. The Labute approximate surface area is 340 Å². The van der Waals surface area contributed by atoms with Crippen LogP contribution in [-0.4, -0.2) is 68.7 Å². The van der Waals surface area contributed by atoms with Gasteiger partial charge < -0.3 is 9.64 Å². The summed E-state index contributed by atoms with van der Waals surface area (Å²) in [5.74, 6) is -0.0247. The second kappa shape index (κ2) is 18.6. The maximum absolute atomic E-state index is 12.7. The second-order valence-electron chi connectivity index (χ2n) is 16.1. The van der Waals surface area contributed by atoms with Crippen molar-refractivity contribution in [3.8, 4) is 0 Å². The topological polar surface area (TPSA) is 121 Å². The third-order valence-electron chi connectivity index (χ3n) is 11.2. The SMILES string of the molecule is CCN1C(=CC=CC=CC2=[N+](CCCCCC(=O)CCCS(=O)(=O)CCOCc3ccccc3)c3ccc(S(=O)(=O)O)cc3C2(C)C)C(C)(C)c2cc(C)ccc21. The number of likely N-dealkylation sites (N-methyl/N-ethyl adjacent to an activating group) is 1. The first kappa shape index (κ1) is 44.0. The van der Waals surface area contributed by atoms with Crippen molar-refractivity contribution in [2.75, 3.05) is 36.1 Å². The molecule has 3 aromatic rings. The van der Waals surface area contributed by atoms with Crippen LogP contribution in [0.3, 0.4) is 0 Å². The minimum absolute atomic E-state index is 0.0290. The summed E-state index contributed by atoms with van der Waals surface area (Å²) in [6.07, 6.45) is 13.6. The van der Waals surface area contributed by atoms with Gasteiger partial charge in [0.1, 0.15) is 12.3 Å². The first-order chi connectivity index (χ1) is 27.0. The van der Waals surface area contributed by atoms with Gasteiger partial charge in [-0.2, -0.15) is 13.0 Å². The lowest BCUT2D eigenvalue weighted by Crippen LogP contribution is -2.28. The highest BCUT2D eigenvalue weighted by atomic mass is 32.2. The number of ether oxygens (including phenoxy) is 1. The van der Waals surface area contributed by atoms with E-state index in [2.05, 4.69) is 87.4 Å². The van der Waals surface area contributed by atoms with Crippen LogP contribution in [0.5, 0.6) is 0 Å². The van der Waals surface area contributed by atoms with E-state index in [0.717, 1.165) is 41.9 Å². The molecule has 306 valence electrons. The molecule has 1 N–H and O–H groups in total. The maximum atomic E-state index is 12.7. The number of sulfone groups is 1. The predicted molar refractivity (Wildman–Crippen MR) is 230 cm³/mol. The Balaban J connectivity index is 1.18. The monoisotopic (exact) mass is 815 g/mol. The lowest BCUT2D eigenvalue weighted by molar-refractivity contribution is -0.438. The van der Waals surface area contributed by atoms with E-state index in [0.29, 0.717) is 32.4 Å². The number of hydrogen-bond donors (Lipinski definition) is 1. The van der Waals surface area contributed by atoms with E-state index in [4.69, 9.17) is 4.74 Å². The van der Waals surface area contributed by atoms with E-state index in [1.165, 1.54) is 28.6 Å². The van der Waals surface area contributed by atoms with Crippen molar-refractivity contribution < 1.29 is 35.5 Å². The molecule has 0 saturated carbocycles. The number of rotatable bonds is 20. The number of carbonyl (C=O) groups is 1. The Morgan fingerprint density at radius 1 is 0.825 bits per heavy atom. The molecule has 3 aromatic carbocycles. The molecule has 0 amide bonds. The van der Waals surface area contributed by atoms with Gasteiger partial charge in [-0.05, 0) is 82.4 Å². The number of carbonyl (C=O) groups excluding carboxylic acids is 1. The molecule has 57 heavy (non-hydrogen) atoms. The Morgan fingerprint density at radius 2 is 1.56 bits per heavy atom. The molecule has 0 radical (unpaired) electrons. The standard InChI is InChI=1S/C46H58N2O7S2/c1-7-47-41-26-24-35(2)32-39(41)45(3,4)43(47)22-14-9-15-23-44-46(5,6)40-33-38(57(52,53)54)25-27-42(40)48(44)28-16-10-13-20-37(49)21-17-30-56(50,51)31-29-55-34-36-18-11-8-12-19-36/h8-9,11-12,14-15,18-19,22-27,32-33H,7,10,13,16-17,20-21,28-31,34H2,1-6H3/p+1. The van der Waals surface area contributed by atoms with E-state index in [9.17, 15) is 26.2 Å². The third-order valence-corrected chi connectivity index (χ3v) is 13.7. The van der Waals surface area contributed by atoms with Gasteiger partial charge in [-0.15, -0.1) is 0 Å². The van der Waals surface area contributed by atoms with Gasteiger partial charge in [0.05, 0.1) is 35.0 Å². The minimum Gasteiger partial charge on any atom is -0.376 e. The molecule has 2 aliphatic rings. The van der Waals surface area contributed by atoms with Crippen LogP contribution in [0.1, 0.15) is 95.4 Å². The van der Waals surface area contributed by atoms with Gasteiger partial charge in [0.2, 0.25) is 5.69 Å². The molecule has 0 aliphatic carbocycles. The van der Waals surface area contributed by atoms with E-state index in [1.54, 1.807) is 12.1 Å². The number of anilines is 1. The summed E-state index contributed by atoms with van der Waals surface area (Å²) >= 11 is 0. The van der Waals surface area contributed by atoms with Crippen LogP contribution in [0.2, 0.25) is 0 Å². The number of fused-ring (bicyclic) bond motifs is 2. The Hall–Kier alpha value is -4.16. The minimum atomic E-state index is -4.38. The molecule has 9 nitrogen and oxygen atoms in total. The van der Waals surface area contributed by atoms with Gasteiger partial charge >= 0.3 is 0 Å². The molecule has 0 unspecified atom stereocenters. The first-order valence-electron chi connectivity index (χ1n) is 20.0. The van der Waals surface area contributed by atoms with Crippen LogP contribution in [-0.2, 0) is 46.9 Å². The van der Waals surface area contributed by atoms with Crippen LogP contribution in [0.25, 0.3) is 0 Å². The van der Waals surface area contributed by atoms with Crippen molar-refractivity contribution in [1.29, 1.82) is 0 Å². The summed E-state index contributed by atoms with van der Waals surface area (Å²) in [7, 11) is -7.68. The highest BCUT2D eigenvalue weighted by Crippen LogP contribution is 2.48. The summed E-state index contributed by atoms with van der Waals surface area (Å²) in [4.78, 5) is 14.9. The zero-order valence-corrected chi connectivity index (χ0v) is 36.0. The summed E-state index contributed by atoms with van der Waals surface area (Å²) in [5, 5.41) is 0. The van der Waals surface area contributed by atoms with Crippen LogP contribution >= 0.6 is 0 Å². The number of allylic oxidation sites excluding steroid dienone is 6. The van der Waals surface area contributed by atoms with E-state index in [-0.39, 0.29) is 40.6 Å². The number of nitrogens with zero attached hydrogens (tertiary/aromatic N) is 2. The van der Waals surface area contributed by atoms with E-state index < -0.39 is 25.4 Å². The zero-order valence-electron chi connectivity index (χ0n) is 34.3. The van der Waals surface area contributed by atoms with Crippen LogP contribution in [0.4, 0.5) is 11.4 Å². The van der Waals surface area contributed by atoms with Gasteiger partial charge in [-0.1, -0.05) is 80.1 Å². The van der Waals surface area contributed by atoms with Gasteiger partial charge in [0.25, 0.3) is 10.1 Å². The number of aryl methyl sites for hydroxylation is 1. The molecular formula is C46H59N2O7S2+. The summed E-state index contributed by atoms with van der Waals surface area (Å²) in [5.41, 5.74) is 8.07. The van der Waals surface area contributed by atoms with Crippen molar-refractivity contribution >= 4 is 42.8 Å². The molecular weight excluding hydrogens is 757 g/mol. The van der Waals surface area contributed by atoms with E-state index >= 15 is 0 Å². The van der Waals surface area contributed by atoms with Gasteiger partial charge in [0, 0.05) is 60.3 Å². The van der Waals surface area contributed by atoms with Gasteiger partial charge in [0.15, 0.2) is 15.5 Å². The number of hydrogen-bond acceptors (Lipinski definition) is 7. The normalized spacial score (nSPS) is 17.0.